The zero-order valence-corrected chi connectivity index (χ0v) is 19.9. The Bertz CT molecular complexity index is 1290. The molecule has 0 bridgehead atoms. The standard InChI is InChI=1S/C29H30N4O/c1-4-21-11-15-24(16-12-21)30-29(34)33-20-23-8-5-6-9-26(23)32-19-7-10-27(32)28(33)22-13-17-25(18-14-22)31(2)3/h5-19,28H,4,20H2,1-3H3,(H,30,34). The highest BCUT2D eigenvalue weighted by Crippen LogP contribution is 2.37. The van der Waals surface area contributed by atoms with Crippen molar-refractivity contribution in [1.82, 2.24) is 9.47 Å². The number of carbonyl (C=O) groups is 1. The van der Waals surface area contributed by atoms with Crippen molar-refractivity contribution in [2.45, 2.75) is 25.9 Å². The molecule has 5 nitrogen and oxygen atoms in total. The van der Waals surface area contributed by atoms with Gasteiger partial charge in [-0.25, -0.2) is 4.79 Å². The SMILES string of the molecule is CCc1ccc(NC(=O)N2Cc3ccccc3-n3cccc3C2c2ccc(N(C)C)cc2)cc1. The predicted molar refractivity (Wildman–Crippen MR) is 139 cm³/mol. The lowest BCUT2D eigenvalue weighted by Gasteiger charge is -2.31. The van der Waals surface area contributed by atoms with Gasteiger partial charge in [-0.1, -0.05) is 49.4 Å². The predicted octanol–water partition coefficient (Wildman–Crippen LogP) is 6.24. The Morgan fingerprint density at radius 3 is 2.38 bits per heavy atom. The molecule has 5 rings (SSSR count). The van der Waals surface area contributed by atoms with E-state index < -0.39 is 0 Å². The summed E-state index contributed by atoms with van der Waals surface area (Å²) in [5, 5.41) is 3.14. The van der Waals surface area contributed by atoms with Crippen LogP contribution in [0.25, 0.3) is 5.69 Å². The number of amides is 2. The summed E-state index contributed by atoms with van der Waals surface area (Å²) in [6, 6.07) is 28.7. The van der Waals surface area contributed by atoms with E-state index in [4.69, 9.17) is 0 Å². The van der Waals surface area contributed by atoms with Crippen molar-refractivity contribution >= 4 is 17.4 Å². The average Bonchev–Trinajstić information content (AvgIpc) is 3.29. The van der Waals surface area contributed by atoms with Crippen LogP contribution in [0.3, 0.4) is 0 Å². The maximum atomic E-state index is 13.8. The van der Waals surface area contributed by atoms with Gasteiger partial charge in [-0.3, -0.25) is 0 Å². The van der Waals surface area contributed by atoms with E-state index in [1.165, 1.54) is 5.56 Å². The molecule has 3 aromatic carbocycles. The van der Waals surface area contributed by atoms with Crippen LogP contribution in [-0.4, -0.2) is 29.6 Å². The van der Waals surface area contributed by atoms with E-state index in [0.717, 1.165) is 40.3 Å². The molecule has 0 saturated carbocycles. The summed E-state index contributed by atoms with van der Waals surface area (Å²) in [6.45, 7) is 2.64. The number of anilines is 2. The lowest BCUT2D eigenvalue weighted by molar-refractivity contribution is 0.194. The zero-order valence-electron chi connectivity index (χ0n) is 19.9. The van der Waals surface area contributed by atoms with Crippen LogP contribution in [0.5, 0.6) is 0 Å². The largest absolute Gasteiger partial charge is 0.378 e. The van der Waals surface area contributed by atoms with E-state index in [-0.39, 0.29) is 12.1 Å². The number of aryl methyl sites for hydroxylation is 1. The number of rotatable bonds is 4. The highest BCUT2D eigenvalue weighted by Gasteiger charge is 2.33. The van der Waals surface area contributed by atoms with Gasteiger partial charge in [0.15, 0.2) is 0 Å². The van der Waals surface area contributed by atoms with Gasteiger partial charge in [-0.05, 0) is 65.6 Å². The Kier molecular flexibility index (Phi) is 5.84. The third-order valence-electron chi connectivity index (χ3n) is 6.56. The molecule has 0 aliphatic carbocycles. The number of benzene rings is 3. The normalized spacial score (nSPS) is 14.7. The number of hydrogen-bond acceptors (Lipinski definition) is 2. The second kappa shape index (κ2) is 9.10. The van der Waals surface area contributed by atoms with Crippen molar-refractivity contribution in [2.75, 3.05) is 24.3 Å². The molecule has 1 aliphatic rings. The Morgan fingerprint density at radius 1 is 0.941 bits per heavy atom. The van der Waals surface area contributed by atoms with Crippen molar-refractivity contribution in [3.05, 3.63) is 114 Å². The molecule has 172 valence electrons. The van der Waals surface area contributed by atoms with Gasteiger partial charge < -0.3 is 19.7 Å². The summed E-state index contributed by atoms with van der Waals surface area (Å²) in [4.78, 5) is 17.8. The Balaban J connectivity index is 1.58. The first-order valence-electron chi connectivity index (χ1n) is 11.7. The average molecular weight is 451 g/mol. The van der Waals surface area contributed by atoms with Crippen LogP contribution in [0.1, 0.15) is 35.3 Å². The van der Waals surface area contributed by atoms with Crippen molar-refractivity contribution in [1.29, 1.82) is 0 Å². The van der Waals surface area contributed by atoms with Crippen LogP contribution in [0, 0.1) is 0 Å². The topological polar surface area (TPSA) is 40.5 Å². The van der Waals surface area contributed by atoms with E-state index >= 15 is 0 Å². The molecular formula is C29H30N4O. The molecule has 4 aromatic rings. The number of carbonyl (C=O) groups excluding carboxylic acids is 1. The second-order valence-electron chi connectivity index (χ2n) is 8.93. The van der Waals surface area contributed by atoms with Crippen LogP contribution in [0.15, 0.2) is 91.1 Å². The lowest BCUT2D eigenvalue weighted by Crippen LogP contribution is -2.37. The number of para-hydroxylation sites is 1. The molecule has 1 N–H and O–H groups in total. The summed E-state index contributed by atoms with van der Waals surface area (Å²) in [5.41, 5.74) is 7.55. The third kappa shape index (κ3) is 4.05. The van der Waals surface area contributed by atoms with E-state index in [2.05, 4.69) is 94.6 Å². The van der Waals surface area contributed by atoms with Crippen molar-refractivity contribution in [2.24, 2.45) is 0 Å². The van der Waals surface area contributed by atoms with Gasteiger partial charge in [-0.15, -0.1) is 0 Å². The van der Waals surface area contributed by atoms with Crippen LogP contribution >= 0.6 is 0 Å². The molecule has 0 fully saturated rings. The molecule has 34 heavy (non-hydrogen) atoms. The van der Waals surface area contributed by atoms with Gasteiger partial charge in [0.05, 0.1) is 18.3 Å². The van der Waals surface area contributed by atoms with Crippen molar-refractivity contribution in [3.63, 3.8) is 0 Å². The molecule has 0 spiro atoms. The smallest absolute Gasteiger partial charge is 0.322 e. The van der Waals surface area contributed by atoms with Crippen molar-refractivity contribution < 1.29 is 4.79 Å². The first kappa shape index (κ1) is 21.8. The van der Waals surface area contributed by atoms with Gasteiger partial charge in [0.25, 0.3) is 0 Å². The molecule has 1 aliphatic heterocycles. The Labute approximate surface area is 201 Å². The molecule has 5 heteroatoms. The maximum Gasteiger partial charge on any atom is 0.322 e. The van der Waals surface area contributed by atoms with E-state index in [1.807, 2.05) is 37.2 Å². The number of nitrogens with one attached hydrogen (secondary N) is 1. The van der Waals surface area contributed by atoms with E-state index in [9.17, 15) is 4.79 Å². The minimum Gasteiger partial charge on any atom is -0.378 e. The minimum absolute atomic E-state index is 0.115. The summed E-state index contributed by atoms with van der Waals surface area (Å²) in [6.07, 6.45) is 3.05. The number of nitrogens with zero attached hydrogens (tertiary/aromatic N) is 3. The Hall–Kier alpha value is -3.99. The number of aromatic nitrogens is 1. The van der Waals surface area contributed by atoms with Gasteiger partial charge in [0.2, 0.25) is 0 Å². The van der Waals surface area contributed by atoms with Crippen LogP contribution < -0.4 is 10.2 Å². The number of fused-ring (bicyclic) bond motifs is 3. The minimum atomic E-state index is -0.228. The molecule has 1 unspecified atom stereocenters. The van der Waals surface area contributed by atoms with Crippen molar-refractivity contribution in [3.8, 4) is 5.69 Å². The Morgan fingerprint density at radius 2 is 1.68 bits per heavy atom. The van der Waals surface area contributed by atoms with E-state index in [1.54, 1.807) is 0 Å². The third-order valence-corrected chi connectivity index (χ3v) is 6.56. The highest BCUT2D eigenvalue weighted by atomic mass is 16.2. The fourth-order valence-corrected chi connectivity index (χ4v) is 4.66. The first-order valence-corrected chi connectivity index (χ1v) is 11.7. The lowest BCUT2D eigenvalue weighted by atomic mass is 10.0. The van der Waals surface area contributed by atoms with Gasteiger partial charge >= 0.3 is 6.03 Å². The molecular weight excluding hydrogens is 420 g/mol. The molecule has 0 saturated heterocycles. The summed E-state index contributed by atoms with van der Waals surface area (Å²) in [7, 11) is 4.07. The van der Waals surface area contributed by atoms with Gasteiger partial charge in [-0.2, -0.15) is 0 Å². The molecule has 1 atom stereocenters. The zero-order chi connectivity index (χ0) is 23.7. The highest BCUT2D eigenvalue weighted by molar-refractivity contribution is 5.90. The summed E-state index contributed by atoms with van der Waals surface area (Å²) < 4.78 is 2.21. The number of hydrogen-bond donors (Lipinski definition) is 1. The molecule has 2 heterocycles. The first-order chi connectivity index (χ1) is 16.5. The quantitative estimate of drug-likeness (QED) is 0.400. The summed E-state index contributed by atoms with van der Waals surface area (Å²) in [5.74, 6) is 0. The van der Waals surface area contributed by atoms with Gasteiger partial charge in [0, 0.05) is 37.4 Å². The fraction of sp³-hybridized carbons (Fsp3) is 0.207. The monoisotopic (exact) mass is 450 g/mol. The van der Waals surface area contributed by atoms with Crippen LogP contribution in [0.2, 0.25) is 0 Å². The number of urea groups is 1. The van der Waals surface area contributed by atoms with Crippen LogP contribution in [0.4, 0.5) is 16.2 Å². The fourth-order valence-electron chi connectivity index (χ4n) is 4.66. The summed E-state index contributed by atoms with van der Waals surface area (Å²) >= 11 is 0. The van der Waals surface area contributed by atoms with Gasteiger partial charge in [0.1, 0.15) is 0 Å². The molecule has 2 amide bonds. The van der Waals surface area contributed by atoms with Crippen LogP contribution in [-0.2, 0) is 13.0 Å². The maximum absolute atomic E-state index is 13.8. The second-order valence-corrected chi connectivity index (χ2v) is 8.93. The molecule has 1 aromatic heterocycles. The molecule has 0 radical (unpaired) electrons. The van der Waals surface area contributed by atoms with E-state index in [0.29, 0.717) is 6.54 Å².